The molecule has 0 unspecified atom stereocenters. The molecule has 0 saturated carbocycles. The molecule has 0 aliphatic rings. The Morgan fingerprint density at radius 2 is 1.50 bits per heavy atom. The molecular formula is C12H24N8O2. The summed E-state index contributed by atoms with van der Waals surface area (Å²) in [7, 11) is 3.63. The molecule has 0 amide bonds. The molecule has 8 N–H and O–H groups in total. The van der Waals surface area contributed by atoms with Crippen LogP contribution in [0.5, 0.6) is 0 Å². The van der Waals surface area contributed by atoms with Crippen molar-refractivity contribution in [1.29, 1.82) is 0 Å². The van der Waals surface area contributed by atoms with Crippen LogP contribution in [0.2, 0.25) is 0 Å². The van der Waals surface area contributed by atoms with E-state index in [-0.39, 0.29) is 6.61 Å². The summed E-state index contributed by atoms with van der Waals surface area (Å²) in [5.41, 5.74) is 15.9. The molecule has 2 heterocycles. The molecule has 0 radical (unpaired) electrons. The van der Waals surface area contributed by atoms with Gasteiger partial charge in [0.25, 0.3) is 0 Å². The predicted octanol–water partition coefficient (Wildman–Crippen LogP) is -0.598. The third-order valence-electron chi connectivity index (χ3n) is 3.29. The third kappa shape index (κ3) is 3.95. The summed E-state index contributed by atoms with van der Waals surface area (Å²) >= 11 is 0. The Labute approximate surface area is 128 Å². The number of rotatable bonds is 4. The molecule has 2 rings (SSSR count). The maximum atomic E-state index is 5.67. The molecule has 22 heavy (non-hydrogen) atoms. The highest BCUT2D eigenvalue weighted by atomic mass is 16.6. The lowest BCUT2D eigenvalue weighted by Gasteiger charge is -1.99. The largest absolute Gasteiger partial charge is 0.396 e. The quantitative estimate of drug-likeness (QED) is 0.545. The van der Waals surface area contributed by atoms with Gasteiger partial charge >= 0.3 is 0 Å². The number of anilines is 2. The Morgan fingerprint density at radius 3 is 1.86 bits per heavy atom. The van der Waals surface area contributed by atoms with Gasteiger partial charge in [0, 0.05) is 14.1 Å². The van der Waals surface area contributed by atoms with Crippen LogP contribution >= 0.6 is 0 Å². The first kappa shape index (κ1) is 17.9. The van der Waals surface area contributed by atoms with Gasteiger partial charge in [0.2, 0.25) is 0 Å². The predicted molar refractivity (Wildman–Crippen MR) is 82.7 cm³/mol. The highest BCUT2D eigenvalue weighted by Gasteiger charge is 2.09. The van der Waals surface area contributed by atoms with Crippen LogP contribution in [-0.4, -0.2) is 19.6 Å². The number of hydrogen-bond donors (Lipinski definition) is 4. The van der Waals surface area contributed by atoms with E-state index in [1.165, 1.54) is 0 Å². The Morgan fingerprint density at radius 1 is 0.909 bits per heavy atom. The maximum Gasteiger partial charge on any atom is 0.114 e. The van der Waals surface area contributed by atoms with Crippen LogP contribution < -0.4 is 23.3 Å². The van der Waals surface area contributed by atoms with E-state index in [0.29, 0.717) is 23.7 Å². The van der Waals surface area contributed by atoms with Crippen LogP contribution in [0.15, 0.2) is 0 Å². The van der Waals surface area contributed by atoms with Crippen molar-refractivity contribution in [2.24, 2.45) is 25.9 Å². The van der Waals surface area contributed by atoms with Gasteiger partial charge in [0.15, 0.2) is 0 Å². The van der Waals surface area contributed by atoms with Crippen LogP contribution in [-0.2, 0) is 37.0 Å². The van der Waals surface area contributed by atoms with E-state index >= 15 is 0 Å². The highest BCUT2D eigenvalue weighted by Crippen LogP contribution is 2.15. The second-order valence-corrected chi connectivity index (χ2v) is 4.76. The van der Waals surface area contributed by atoms with Crippen molar-refractivity contribution in [3.8, 4) is 0 Å². The number of nitrogens with two attached hydrogens (primary N) is 4. The lowest BCUT2D eigenvalue weighted by atomic mass is 10.3. The molecule has 0 saturated heterocycles. The van der Waals surface area contributed by atoms with Gasteiger partial charge in [-0.2, -0.15) is 10.2 Å². The zero-order chi connectivity index (χ0) is 16.9. The fraction of sp³-hybridized carbons (Fsp3) is 0.500. The Bertz CT molecular complexity index is 619. The van der Waals surface area contributed by atoms with Crippen molar-refractivity contribution in [2.45, 2.75) is 27.1 Å². The van der Waals surface area contributed by atoms with E-state index in [0.717, 1.165) is 17.1 Å². The molecule has 0 spiro atoms. The van der Waals surface area contributed by atoms with E-state index in [9.17, 15) is 0 Å². The molecule has 0 bridgehead atoms. The first-order chi connectivity index (χ1) is 10.3. The maximum absolute atomic E-state index is 5.67. The van der Waals surface area contributed by atoms with Gasteiger partial charge in [-0.1, -0.05) is 0 Å². The van der Waals surface area contributed by atoms with Crippen LogP contribution in [0.3, 0.4) is 0 Å². The smallest absolute Gasteiger partial charge is 0.114 e. The minimum Gasteiger partial charge on any atom is -0.396 e. The summed E-state index contributed by atoms with van der Waals surface area (Å²) in [6, 6.07) is 0. The van der Waals surface area contributed by atoms with Crippen molar-refractivity contribution >= 4 is 11.4 Å². The van der Waals surface area contributed by atoms with Crippen LogP contribution in [0, 0.1) is 13.8 Å². The minimum absolute atomic E-state index is 0.257. The van der Waals surface area contributed by atoms with E-state index in [4.69, 9.17) is 23.3 Å². The van der Waals surface area contributed by atoms with E-state index < -0.39 is 0 Å². The summed E-state index contributed by atoms with van der Waals surface area (Å²) in [6.45, 7) is 4.29. The highest BCUT2D eigenvalue weighted by molar-refractivity contribution is 5.47. The number of aryl methyl sites for hydroxylation is 3. The summed E-state index contributed by atoms with van der Waals surface area (Å²) in [5, 5.41) is 8.17. The molecule has 2 aromatic heterocycles. The topological polar surface area (TPSA) is 158 Å². The Hall–Kier alpha value is -2.14. The van der Waals surface area contributed by atoms with Gasteiger partial charge in [-0.15, -0.1) is 0 Å². The first-order valence-corrected chi connectivity index (χ1v) is 6.52. The van der Waals surface area contributed by atoms with Gasteiger partial charge in [0.1, 0.15) is 18.9 Å². The molecule has 2 aromatic rings. The third-order valence-corrected chi connectivity index (χ3v) is 3.29. The minimum atomic E-state index is 0.257. The summed E-state index contributed by atoms with van der Waals surface area (Å²) < 4.78 is 3.36. The molecule has 0 atom stereocenters. The van der Waals surface area contributed by atoms with Crippen molar-refractivity contribution in [2.75, 3.05) is 11.5 Å². The SMILES string of the molecule is Cc1c(N)c(CON)nn1C.Cc1nn(C)c(CON)c1N. The number of aromatic nitrogens is 4. The van der Waals surface area contributed by atoms with Gasteiger partial charge in [-0.25, -0.2) is 11.8 Å². The average Bonchev–Trinajstić information content (AvgIpc) is 2.85. The Kier molecular flexibility index (Phi) is 6.31. The second-order valence-electron chi connectivity index (χ2n) is 4.76. The molecule has 0 aromatic carbocycles. The number of nitrogens with zero attached hydrogens (tertiary/aromatic N) is 4. The number of hydrogen-bond acceptors (Lipinski definition) is 8. The van der Waals surface area contributed by atoms with Crippen molar-refractivity contribution < 1.29 is 9.68 Å². The molecular weight excluding hydrogens is 288 g/mol. The molecule has 0 aliphatic carbocycles. The standard InChI is InChI=1S/2C6H12N4O/c1-4-6(7)5(3-11-8)9-10(4)2;1-4-6(7)5(3-11-8)10(2)9-4/h2*3,7-8H2,1-2H3. The van der Waals surface area contributed by atoms with Gasteiger partial charge in [-0.05, 0) is 13.8 Å². The van der Waals surface area contributed by atoms with Crippen molar-refractivity contribution in [3.05, 3.63) is 22.8 Å². The van der Waals surface area contributed by atoms with Gasteiger partial charge in [-0.3, -0.25) is 19.0 Å². The fourth-order valence-electron chi connectivity index (χ4n) is 1.85. The molecule has 0 aliphatic heterocycles. The lowest BCUT2D eigenvalue weighted by Crippen LogP contribution is -2.06. The van der Waals surface area contributed by atoms with Crippen LogP contribution in [0.25, 0.3) is 0 Å². The van der Waals surface area contributed by atoms with E-state index in [1.807, 2.05) is 20.9 Å². The summed E-state index contributed by atoms with van der Waals surface area (Å²) in [5.74, 6) is 9.79. The van der Waals surface area contributed by atoms with E-state index in [1.54, 1.807) is 16.4 Å². The lowest BCUT2D eigenvalue weighted by molar-refractivity contribution is 0.119. The molecule has 0 fully saturated rings. The monoisotopic (exact) mass is 312 g/mol. The zero-order valence-corrected chi connectivity index (χ0v) is 13.3. The van der Waals surface area contributed by atoms with Crippen LogP contribution in [0.1, 0.15) is 22.8 Å². The molecule has 10 nitrogen and oxygen atoms in total. The van der Waals surface area contributed by atoms with Gasteiger partial charge < -0.3 is 11.5 Å². The van der Waals surface area contributed by atoms with Gasteiger partial charge in [0.05, 0.1) is 28.5 Å². The van der Waals surface area contributed by atoms with E-state index in [2.05, 4.69) is 19.9 Å². The first-order valence-electron chi connectivity index (χ1n) is 6.52. The summed E-state index contributed by atoms with van der Waals surface area (Å²) in [6.07, 6.45) is 0. The van der Waals surface area contributed by atoms with Crippen LogP contribution in [0.4, 0.5) is 11.4 Å². The van der Waals surface area contributed by atoms with Crippen molar-refractivity contribution in [3.63, 3.8) is 0 Å². The molecule has 10 heteroatoms. The average molecular weight is 312 g/mol. The second kappa shape index (κ2) is 7.75. The van der Waals surface area contributed by atoms with Crippen molar-refractivity contribution in [1.82, 2.24) is 19.6 Å². The summed E-state index contributed by atoms with van der Waals surface area (Å²) in [4.78, 5) is 8.88. The molecule has 124 valence electrons. The Balaban J connectivity index is 0.000000220. The number of nitrogen functional groups attached to an aromatic ring is 2. The fourth-order valence-corrected chi connectivity index (χ4v) is 1.85. The normalized spacial score (nSPS) is 10.5. The zero-order valence-electron chi connectivity index (χ0n) is 13.3.